The summed E-state index contributed by atoms with van der Waals surface area (Å²) in [6.45, 7) is 1.38. The van der Waals surface area contributed by atoms with Crippen LogP contribution < -0.4 is 15.5 Å². The van der Waals surface area contributed by atoms with Crippen LogP contribution in [0.1, 0.15) is 55.3 Å². The number of hydrogen-bond donors (Lipinski definition) is 2. The van der Waals surface area contributed by atoms with Gasteiger partial charge in [-0.25, -0.2) is 4.79 Å². The molecule has 0 atom stereocenters. The smallest absolute Gasteiger partial charge is 0.325 e. The topological polar surface area (TPSA) is 98.8 Å². The highest BCUT2D eigenvalue weighted by molar-refractivity contribution is 6.07. The highest BCUT2D eigenvalue weighted by atomic mass is 16.2. The van der Waals surface area contributed by atoms with Crippen molar-refractivity contribution in [2.75, 3.05) is 24.5 Å². The maximum atomic E-state index is 12.6. The van der Waals surface area contributed by atoms with Crippen molar-refractivity contribution in [1.82, 2.24) is 15.5 Å². The minimum absolute atomic E-state index is 0.113. The molecular formula is C21H26N4O4. The van der Waals surface area contributed by atoms with Crippen LogP contribution in [0.4, 0.5) is 10.5 Å². The second kappa shape index (κ2) is 7.85. The number of carbonyl (C=O) groups is 4. The van der Waals surface area contributed by atoms with Gasteiger partial charge in [0.2, 0.25) is 5.91 Å². The van der Waals surface area contributed by atoms with E-state index in [4.69, 9.17) is 0 Å². The molecule has 2 saturated heterocycles. The fourth-order valence-corrected chi connectivity index (χ4v) is 4.45. The molecule has 2 N–H and O–H groups in total. The molecule has 8 heteroatoms. The number of imide groups is 1. The molecule has 1 aliphatic carbocycles. The first-order chi connectivity index (χ1) is 14.0. The van der Waals surface area contributed by atoms with Crippen LogP contribution in [0, 0.1) is 0 Å². The molecule has 1 aromatic carbocycles. The van der Waals surface area contributed by atoms with Gasteiger partial charge in [0.15, 0.2) is 0 Å². The van der Waals surface area contributed by atoms with E-state index in [2.05, 4.69) is 10.6 Å². The van der Waals surface area contributed by atoms with E-state index in [-0.39, 0.29) is 23.8 Å². The number of carbonyl (C=O) groups excluding carboxylic acids is 4. The number of nitrogens with zero attached hydrogens (tertiary/aromatic N) is 2. The lowest BCUT2D eigenvalue weighted by atomic mass is 9.98. The number of anilines is 1. The van der Waals surface area contributed by atoms with Gasteiger partial charge in [-0.05, 0) is 49.9 Å². The molecule has 1 aromatic rings. The quantitative estimate of drug-likeness (QED) is 0.564. The Balaban J connectivity index is 1.24. The Hall–Kier alpha value is -2.90. The molecule has 1 saturated carbocycles. The van der Waals surface area contributed by atoms with Crippen LogP contribution in [0.15, 0.2) is 24.3 Å². The highest BCUT2D eigenvalue weighted by Crippen LogP contribution is 2.35. The lowest BCUT2D eigenvalue weighted by Gasteiger charge is -2.20. The monoisotopic (exact) mass is 398 g/mol. The third-order valence-corrected chi connectivity index (χ3v) is 6.06. The highest BCUT2D eigenvalue weighted by Gasteiger charge is 2.51. The summed E-state index contributed by atoms with van der Waals surface area (Å²) in [6.07, 6.45) is 5.27. The molecular weight excluding hydrogens is 372 g/mol. The molecule has 0 unspecified atom stereocenters. The van der Waals surface area contributed by atoms with Crippen LogP contribution in [0.25, 0.3) is 0 Å². The van der Waals surface area contributed by atoms with Gasteiger partial charge in [-0.2, -0.15) is 0 Å². The first-order valence-corrected chi connectivity index (χ1v) is 10.3. The minimum Gasteiger partial charge on any atom is -0.352 e. The van der Waals surface area contributed by atoms with E-state index in [1.807, 2.05) is 0 Å². The second-order valence-electron chi connectivity index (χ2n) is 7.98. The SMILES string of the molecule is O=C(NCCCN1C(=O)NC2(CCCC2)C1=O)c1ccc(N2CCCC2=O)cc1. The molecule has 154 valence electrons. The Labute approximate surface area is 169 Å². The van der Waals surface area contributed by atoms with Gasteiger partial charge < -0.3 is 15.5 Å². The summed E-state index contributed by atoms with van der Waals surface area (Å²) >= 11 is 0. The summed E-state index contributed by atoms with van der Waals surface area (Å²) in [7, 11) is 0. The van der Waals surface area contributed by atoms with Gasteiger partial charge in [0, 0.05) is 37.3 Å². The second-order valence-corrected chi connectivity index (χ2v) is 7.98. The van der Waals surface area contributed by atoms with Crippen molar-refractivity contribution in [3.8, 4) is 0 Å². The molecule has 0 radical (unpaired) electrons. The Kier molecular flexibility index (Phi) is 5.25. The fraction of sp³-hybridized carbons (Fsp3) is 0.524. The van der Waals surface area contributed by atoms with E-state index in [9.17, 15) is 19.2 Å². The van der Waals surface area contributed by atoms with E-state index in [0.717, 1.165) is 24.9 Å². The molecule has 1 spiro atoms. The van der Waals surface area contributed by atoms with Crippen LogP contribution in [0.2, 0.25) is 0 Å². The van der Waals surface area contributed by atoms with Gasteiger partial charge in [-0.1, -0.05) is 12.8 Å². The number of amides is 5. The first kappa shape index (κ1) is 19.4. The van der Waals surface area contributed by atoms with Crippen molar-refractivity contribution in [3.63, 3.8) is 0 Å². The van der Waals surface area contributed by atoms with Crippen molar-refractivity contribution < 1.29 is 19.2 Å². The molecule has 3 fully saturated rings. The zero-order valence-corrected chi connectivity index (χ0v) is 16.4. The Bertz CT molecular complexity index is 830. The van der Waals surface area contributed by atoms with Crippen molar-refractivity contribution in [2.45, 2.75) is 50.5 Å². The summed E-state index contributed by atoms with van der Waals surface area (Å²) < 4.78 is 0. The van der Waals surface area contributed by atoms with Crippen molar-refractivity contribution in [1.29, 1.82) is 0 Å². The lowest BCUT2D eigenvalue weighted by Crippen LogP contribution is -2.44. The Morgan fingerprint density at radius 1 is 1.07 bits per heavy atom. The molecule has 29 heavy (non-hydrogen) atoms. The normalized spacial score (nSPS) is 20.6. The van der Waals surface area contributed by atoms with Gasteiger partial charge >= 0.3 is 6.03 Å². The molecule has 2 heterocycles. The van der Waals surface area contributed by atoms with Gasteiger partial charge in [0.25, 0.3) is 11.8 Å². The third kappa shape index (κ3) is 3.71. The van der Waals surface area contributed by atoms with E-state index in [0.29, 0.717) is 50.9 Å². The van der Waals surface area contributed by atoms with Crippen LogP contribution in [-0.2, 0) is 9.59 Å². The largest absolute Gasteiger partial charge is 0.352 e. The number of benzene rings is 1. The number of rotatable bonds is 6. The Morgan fingerprint density at radius 3 is 2.45 bits per heavy atom. The van der Waals surface area contributed by atoms with Gasteiger partial charge in [0.05, 0.1) is 0 Å². The summed E-state index contributed by atoms with van der Waals surface area (Å²) in [5, 5.41) is 5.68. The van der Waals surface area contributed by atoms with Crippen LogP contribution in [0.3, 0.4) is 0 Å². The number of urea groups is 1. The third-order valence-electron chi connectivity index (χ3n) is 6.06. The predicted octanol–water partition coefficient (Wildman–Crippen LogP) is 1.80. The molecule has 0 aromatic heterocycles. The average Bonchev–Trinajstić information content (AvgIpc) is 3.41. The molecule has 3 aliphatic rings. The molecule has 0 bridgehead atoms. The lowest BCUT2D eigenvalue weighted by molar-refractivity contribution is -0.131. The zero-order valence-electron chi connectivity index (χ0n) is 16.4. The van der Waals surface area contributed by atoms with Crippen molar-refractivity contribution in [3.05, 3.63) is 29.8 Å². The van der Waals surface area contributed by atoms with Crippen LogP contribution in [0.5, 0.6) is 0 Å². The summed E-state index contributed by atoms with van der Waals surface area (Å²) in [5.41, 5.74) is 0.641. The van der Waals surface area contributed by atoms with Crippen molar-refractivity contribution >= 4 is 29.4 Å². The summed E-state index contributed by atoms with van der Waals surface area (Å²) in [5.74, 6) is -0.228. The van der Waals surface area contributed by atoms with Gasteiger partial charge in [0.1, 0.15) is 5.54 Å². The fourth-order valence-electron chi connectivity index (χ4n) is 4.45. The van der Waals surface area contributed by atoms with Crippen molar-refractivity contribution in [2.24, 2.45) is 0 Å². The van der Waals surface area contributed by atoms with E-state index in [1.54, 1.807) is 29.2 Å². The van der Waals surface area contributed by atoms with E-state index < -0.39 is 5.54 Å². The molecule has 8 nitrogen and oxygen atoms in total. The standard InChI is InChI=1S/C21H26N4O4/c26-17-5-3-13-24(17)16-8-6-15(7-9-16)18(27)22-12-4-14-25-19(28)21(23-20(25)29)10-1-2-11-21/h6-9H,1-5,10-14H2,(H,22,27)(H,23,29). The number of hydrogen-bond acceptors (Lipinski definition) is 4. The zero-order chi connectivity index (χ0) is 20.4. The maximum absolute atomic E-state index is 12.6. The Morgan fingerprint density at radius 2 is 1.79 bits per heavy atom. The maximum Gasteiger partial charge on any atom is 0.325 e. The summed E-state index contributed by atoms with van der Waals surface area (Å²) in [6, 6.07) is 6.66. The van der Waals surface area contributed by atoms with E-state index >= 15 is 0 Å². The van der Waals surface area contributed by atoms with Gasteiger partial charge in [-0.15, -0.1) is 0 Å². The summed E-state index contributed by atoms with van der Waals surface area (Å²) in [4.78, 5) is 51.8. The number of nitrogens with one attached hydrogen (secondary N) is 2. The minimum atomic E-state index is -0.682. The first-order valence-electron chi connectivity index (χ1n) is 10.3. The van der Waals surface area contributed by atoms with Gasteiger partial charge in [-0.3, -0.25) is 19.3 Å². The van der Waals surface area contributed by atoms with Crippen LogP contribution >= 0.6 is 0 Å². The molecule has 4 rings (SSSR count). The average molecular weight is 398 g/mol. The van der Waals surface area contributed by atoms with Crippen LogP contribution in [-0.4, -0.2) is 53.8 Å². The molecule has 5 amide bonds. The predicted molar refractivity (Wildman–Crippen MR) is 106 cm³/mol. The molecule has 2 aliphatic heterocycles. The van der Waals surface area contributed by atoms with E-state index in [1.165, 1.54) is 4.90 Å².